The SMILES string of the molecule is COc1cc2c(cc1-c1cncc(NCCOCCOCCOCCOCCNC(=O)[C@H](CS(=O)(=O)O)NC(=O)CN3CCN(CC(=O)O)CCN(CC(=O)O)CCN(CC(=O)O)CC3)c1)-c1c(c(C(=O)N3CCOCC3(C)C)nn1-c1cc(Cl)cc(Cl)c1)CO2. The molecule has 3 amide bonds. The van der Waals surface area contributed by atoms with Crippen LogP contribution >= 0.6 is 23.2 Å². The predicted octanol–water partition coefficient (Wildman–Crippen LogP) is 1.50. The first-order valence-corrected chi connectivity index (χ1v) is 31.7. The molecule has 0 unspecified atom stereocenters. The first-order valence-electron chi connectivity index (χ1n) is 29.4. The van der Waals surface area contributed by atoms with Crippen LogP contribution in [0.5, 0.6) is 11.5 Å². The van der Waals surface area contributed by atoms with E-state index >= 15 is 0 Å². The van der Waals surface area contributed by atoms with Gasteiger partial charge in [0.25, 0.3) is 16.0 Å². The monoisotopic (exact) mass is 1340 g/mol. The molecule has 33 heteroatoms. The highest BCUT2D eigenvalue weighted by atomic mass is 35.5. The largest absolute Gasteiger partial charge is 0.496 e. The molecule has 0 bridgehead atoms. The Kier molecular flexibility index (Phi) is 27.3. The summed E-state index contributed by atoms with van der Waals surface area (Å²) in [6.45, 7) is 6.91. The van der Waals surface area contributed by atoms with Crippen molar-refractivity contribution in [3.05, 3.63) is 70.1 Å². The Morgan fingerprint density at radius 1 is 0.692 bits per heavy atom. The molecule has 0 spiro atoms. The third-order valence-electron chi connectivity index (χ3n) is 14.8. The van der Waals surface area contributed by atoms with Crippen molar-refractivity contribution in [2.75, 3.05) is 182 Å². The lowest BCUT2D eigenvalue weighted by molar-refractivity contribution is -0.140. The van der Waals surface area contributed by atoms with Crippen LogP contribution in [0.1, 0.15) is 29.9 Å². The molecule has 0 radical (unpaired) electrons. The highest BCUT2D eigenvalue weighted by Crippen LogP contribution is 2.47. The number of aliphatic carboxylic acids is 3. The molecule has 3 aliphatic heterocycles. The van der Waals surface area contributed by atoms with Gasteiger partial charge in [-0.2, -0.15) is 13.5 Å². The number of aromatic nitrogens is 3. The number of nitrogens with zero attached hydrogens (tertiary/aromatic N) is 8. The quantitative estimate of drug-likeness (QED) is 0.0269. The molecule has 91 heavy (non-hydrogen) atoms. The number of morpholine rings is 1. The lowest BCUT2D eigenvalue weighted by Gasteiger charge is -2.41. The molecule has 30 nitrogen and oxygen atoms in total. The van der Waals surface area contributed by atoms with E-state index in [1.54, 1.807) is 73.0 Å². The van der Waals surface area contributed by atoms with Gasteiger partial charge >= 0.3 is 17.9 Å². The number of nitrogens with one attached hydrogen (secondary N) is 3. The van der Waals surface area contributed by atoms with Crippen LogP contribution in [-0.2, 0) is 64.4 Å². The van der Waals surface area contributed by atoms with E-state index in [-0.39, 0.29) is 130 Å². The lowest BCUT2D eigenvalue weighted by atomic mass is 9.95. The Labute approximate surface area is 536 Å². The van der Waals surface area contributed by atoms with Gasteiger partial charge in [-0.05, 0) is 44.2 Å². The molecule has 2 fully saturated rings. The second-order valence-corrected chi connectivity index (χ2v) is 24.5. The molecule has 5 heterocycles. The molecule has 500 valence electrons. The number of halogens is 2. The fourth-order valence-electron chi connectivity index (χ4n) is 10.4. The van der Waals surface area contributed by atoms with Gasteiger partial charge in [-0.15, -0.1) is 0 Å². The fraction of sp³-hybridized carbons (Fsp3) is 0.552. The van der Waals surface area contributed by atoms with Crippen molar-refractivity contribution in [3.63, 3.8) is 0 Å². The van der Waals surface area contributed by atoms with Crippen molar-refractivity contribution >= 4 is 74.6 Å². The molecule has 1 atom stereocenters. The average molecular weight is 1340 g/mol. The predicted molar refractivity (Wildman–Crippen MR) is 331 cm³/mol. The first kappa shape index (κ1) is 71.6. The van der Waals surface area contributed by atoms with Crippen LogP contribution < -0.4 is 25.4 Å². The molecule has 2 aromatic heterocycles. The summed E-state index contributed by atoms with van der Waals surface area (Å²) in [6, 6.07) is 9.07. The number of carbonyl (C=O) groups excluding carboxylic acids is 3. The average Bonchev–Trinajstić information content (AvgIpc) is 1.63. The topological polar surface area (TPSA) is 365 Å². The Balaban J connectivity index is 0.806. The summed E-state index contributed by atoms with van der Waals surface area (Å²) in [6.07, 6.45) is 3.42. The summed E-state index contributed by atoms with van der Waals surface area (Å²) in [5, 5.41) is 42.3. The number of amides is 3. The summed E-state index contributed by atoms with van der Waals surface area (Å²) < 4.78 is 75.5. The van der Waals surface area contributed by atoms with Gasteiger partial charge in [0.05, 0.1) is 122 Å². The Morgan fingerprint density at radius 3 is 1.76 bits per heavy atom. The van der Waals surface area contributed by atoms with E-state index < -0.39 is 63.7 Å². The zero-order valence-corrected chi connectivity index (χ0v) is 53.3. The summed E-state index contributed by atoms with van der Waals surface area (Å²) in [4.78, 5) is 88.2. The summed E-state index contributed by atoms with van der Waals surface area (Å²) in [7, 11) is -3.19. The zero-order valence-electron chi connectivity index (χ0n) is 50.9. The van der Waals surface area contributed by atoms with E-state index in [0.717, 1.165) is 11.3 Å². The van der Waals surface area contributed by atoms with Crippen molar-refractivity contribution in [2.24, 2.45) is 0 Å². The maximum Gasteiger partial charge on any atom is 0.317 e. The standard InChI is InChI=1S/C58H79Cl2N11O19S/c1-58(2)38-89-17-14-70(58)57(80)54-46-36-90-49-29-48(84-3)44(28-45(49)55(46)71(65-54)43-26-40(59)25-41(60)27-43)39-24-42(31-61-30-39)62-4-15-85-18-20-87-22-23-88-21-19-86-16-5-63-56(79)47(37-91(81,82)83)64-50(72)32-66-6-8-67(33-51(73)74)10-12-69(35-53(77)78)13-11-68(9-7-66)34-52(75)76/h24-31,47,62H,4-23,32-38H2,1-3H3,(H,63,79)(H,64,72)(H,73,74)(H,75,76)(H,77,78)(H,81,82,83)/t47-/m0/s1. The van der Waals surface area contributed by atoms with Crippen molar-refractivity contribution in [3.8, 4) is 39.6 Å². The smallest absolute Gasteiger partial charge is 0.317 e. The molecule has 7 rings (SSSR count). The number of anilines is 1. The third-order valence-corrected chi connectivity index (χ3v) is 16.0. The highest BCUT2D eigenvalue weighted by molar-refractivity contribution is 7.85. The van der Waals surface area contributed by atoms with Crippen LogP contribution in [-0.4, -0.2) is 292 Å². The molecule has 0 saturated carbocycles. The molecule has 4 aromatic rings. The number of carboxylic acids is 3. The molecular weight excluding hydrogens is 1260 g/mol. The van der Waals surface area contributed by atoms with Gasteiger partial charge in [-0.1, -0.05) is 23.2 Å². The Morgan fingerprint density at radius 2 is 1.23 bits per heavy atom. The lowest BCUT2D eigenvalue weighted by Crippen LogP contribution is -2.55. The Bertz CT molecular complexity index is 3220. The molecule has 3 aliphatic rings. The first-order chi connectivity index (χ1) is 43.5. The summed E-state index contributed by atoms with van der Waals surface area (Å²) >= 11 is 13.0. The van der Waals surface area contributed by atoms with Crippen LogP contribution in [0.25, 0.3) is 28.1 Å². The van der Waals surface area contributed by atoms with Crippen molar-refractivity contribution in [2.45, 2.75) is 32.0 Å². The number of carbonyl (C=O) groups is 6. The van der Waals surface area contributed by atoms with E-state index in [4.69, 9.17) is 61.5 Å². The number of hydrogen-bond acceptors (Lipinski definition) is 22. The minimum absolute atomic E-state index is 0.00854. The van der Waals surface area contributed by atoms with Crippen LogP contribution in [0.3, 0.4) is 0 Å². The van der Waals surface area contributed by atoms with E-state index in [1.165, 1.54) is 0 Å². The number of methoxy groups -OCH3 is 1. The van der Waals surface area contributed by atoms with Crippen LogP contribution in [0.15, 0.2) is 48.8 Å². The number of fused-ring (bicyclic) bond motifs is 3. The van der Waals surface area contributed by atoms with Crippen LogP contribution in [0, 0.1) is 0 Å². The van der Waals surface area contributed by atoms with Gasteiger partial charge < -0.3 is 69.3 Å². The second kappa shape index (κ2) is 34.7. The number of pyridine rings is 1. The van der Waals surface area contributed by atoms with Crippen molar-refractivity contribution in [1.82, 2.24) is 49.9 Å². The van der Waals surface area contributed by atoms with Gasteiger partial charge in [-0.25, -0.2) is 4.68 Å². The molecular formula is C58H79Cl2N11O19S. The normalized spacial score (nSPS) is 16.5. The number of rotatable bonds is 32. The fourth-order valence-corrected chi connectivity index (χ4v) is 11.5. The van der Waals surface area contributed by atoms with Gasteiger partial charge in [-0.3, -0.25) is 57.9 Å². The van der Waals surface area contributed by atoms with Gasteiger partial charge in [0, 0.05) is 123 Å². The Hall–Kier alpha value is -6.85. The van der Waals surface area contributed by atoms with E-state index in [0.29, 0.717) is 95.7 Å². The number of carboxylic acid groups (broad SMARTS) is 3. The van der Waals surface area contributed by atoms with Gasteiger partial charge in [0.1, 0.15) is 29.9 Å². The summed E-state index contributed by atoms with van der Waals surface area (Å²) in [5.74, 6) is -5.41. The minimum atomic E-state index is -4.77. The van der Waals surface area contributed by atoms with E-state index in [2.05, 4.69) is 20.9 Å². The molecule has 2 saturated heterocycles. The van der Waals surface area contributed by atoms with Crippen molar-refractivity contribution in [1.29, 1.82) is 0 Å². The van der Waals surface area contributed by atoms with E-state index in [1.807, 2.05) is 26.0 Å². The number of ether oxygens (including phenoxy) is 7. The molecule has 7 N–H and O–H groups in total. The highest BCUT2D eigenvalue weighted by Gasteiger charge is 2.40. The third kappa shape index (κ3) is 22.5. The van der Waals surface area contributed by atoms with E-state index in [9.17, 15) is 57.1 Å². The van der Waals surface area contributed by atoms with Crippen LogP contribution in [0.2, 0.25) is 10.0 Å². The molecule has 0 aliphatic carbocycles. The number of benzene rings is 2. The van der Waals surface area contributed by atoms with Crippen molar-refractivity contribution < 1.29 is 90.2 Å². The van der Waals surface area contributed by atoms with Gasteiger partial charge in [0.2, 0.25) is 11.8 Å². The van der Waals surface area contributed by atoms with Crippen LogP contribution in [0.4, 0.5) is 5.69 Å². The molecule has 2 aromatic carbocycles. The maximum absolute atomic E-state index is 14.4. The zero-order chi connectivity index (χ0) is 65.7. The number of hydrogen-bond donors (Lipinski definition) is 7. The second-order valence-electron chi connectivity index (χ2n) is 22.2. The minimum Gasteiger partial charge on any atom is -0.496 e. The maximum atomic E-state index is 14.4. The summed E-state index contributed by atoms with van der Waals surface area (Å²) in [5.41, 5.74) is 4.31. The van der Waals surface area contributed by atoms with Gasteiger partial charge in [0.15, 0.2) is 5.69 Å².